The second kappa shape index (κ2) is 8.62. The number of amides is 1. The number of rotatable bonds is 7. The maximum atomic E-state index is 11.6. The zero-order valence-corrected chi connectivity index (χ0v) is 18.2. The summed E-state index contributed by atoms with van der Waals surface area (Å²) >= 11 is 0. The number of primary amides is 1. The van der Waals surface area contributed by atoms with Crippen LogP contribution in [0.4, 0.5) is 6.01 Å². The summed E-state index contributed by atoms with van der Waals surface area (Å²) in [6, 6.07) is 9.57. The van der Waals surface area contributed by atoms with Gasteiger partial charge in [0.1, 0.15) is 16.8 Å². The molecule has 2 aromatic carbocycles. The monoisotopic (exact) mass is 451 g/mol. The number of nitrogens with two attached hydrogens (primary N) is 1. The second-order valence-electron chi connectivity index (χ2n) is 8.14. The lowest BCUT2D eigenvalue weighted by Gasteiger charge is -2.32. The smallest absolute Gasteiger partial charge is 0.417 e. The number of likely N-dealkylation sites (tertiary alicyclic amines) is 1. The number of ether oxygens (including phenoxy) is 1. The van der Waals surface area contributed by atoms with Gasteiger partial charge in [-0.1, -0.05) is 6.07 Å². The maximum absolute atomic E-state index is 11.6. The Morgan fingerprint density at radius 2 is 2.09 bits per heavy atom. The van der Waals surface area contributed by atoms with E-state index >= 15 is 0 Å². The number of H-pyrrole nitrogens is 1. The molecule has 1 aliphatic rings. The van der Waals surface area contributed by atoms with Crippen LogP contribution in [0.5, 0.6) is 5.75 Å². The zero-order chi connectivity index (χ0) is 22.9. The Morgan fingerprint density at radius 1 is 1.27 bits per heavy atom. The van der Waals surface area contributed by atoms with Crippen molar-refractivity contribution in [3.8, 4) is 5.75 Å². The van der Waals surface area contributed by atoms with Gasteiger partial charge in [0.15, 0.2) is 11.2 Å². The SMILES string of the molecule is CCOc1cc(CN2CCC(Nc3nc4c(C(N)=O)cccc4o3)CC2)cc2oc(=O)[nH]c12. The van der Waals surface area contributed by atoms with E-state index in [4.69, 9.17) is 19.3 Å². The summed E-state index contributed by atoms with van der Waals surface area (Å²) in [6.45, 7) is 4.88. The normalized spacial score (nSPS) is 15.3. The van der Waals surface area contributed by atoms with Crippen LogP contribution in [0.25, 0.3) is 22.2 Å². The van der Waals surface area contributed by atoms with Crippen molar-refractivity contribution in [1.82, 2.24) is 14.9 Å². The molecule has 1 amide bonds. The van der Waals surface area contributed by atoms with Crippen LogP contribution in [0.3, 0.4) is 0 Å². The number of fused-ring (bicyclic) bond motifs is 2. The number of hydrogen-bond donors (Lipinski definition) is 3. The highest BCUT2D eigenvalue weighted by Gasteiger charge is 2.22. The van der Waals surface area contributed by atoms with Crippen LogP contribution in [0, 0.1) is 0 Å². The number of piperidine rings is 1. The summed E-state index contributed by atoms with van der Waals surface area (Å²) in [5.74, 6) is -0.394. The minimum atomic E-state index is -0.529. The standard InChI is InChI=1S/C23H25N5O5/c1-2-31-17-10-13(11-18-20(17)27-23(30)33-18)12-28-8-6-14(7-9-28)25-22-26-19-15(21(24)29)4-3-5-16(19)32-22/h3-5,10-11,14H,2,6-9,12H2,1H3,(H2,24,29)(H,25,26)(H,27,30). The van der Waals surface area contributed by atoms with E-state index in [9.17, 15) is 9.59 Å². The Hall–Kier alpha value is -3.79. The number of nitrogens with one attached hydrogen (secondary N) is 2. The summed E-state index contributed by atoms with van der Waals surface area (Å²) in [7, 11) is 0. The van der Waals surface area contributed by atoms with Crippen molar-refractivity contribution in [3.63, 3.8) is 0 Å². The van der Waals surface area contributed by atoms with Crippen LogP contribution in [0.2, 0.25) is 0 Å². The highest BCUT2D eigenvalue weighted by Crippen LogP contribution is 2.28. The first kappa shape index (κ1) is 21.1. The molecule has 10 nitrogen and oxygen atoms in total. The Kier molecular flexibility index (Phi) is 5.51. The number of oxazole rings is 2. The lowest BCUT2D eigenvalue weighted by Crippen LogP contribution is -2.38. The summed E-state index contributed by atoms with van der Waals surface area (Å²) in [5.41, 5.74) is 8.90. The van der Waals surface area contributed by atoms with Crippen LogP contribution < -0.4 is 21.5 Å². The van der Waals surface area contributed by atoms with Gasteiger partial charge in [0.05, 0.1) is 12.2 Å². The van der Waals surface area contributed by atoms with E-state index in [-0.39, 0.29) is 6.04 Å². The van der Waals surface area contributed by atoms with Crippen LogP contribution in [0.15, 0.2) is 44.0 Å². The van der Waals surface area contributed by atoms with Gasteiger partial charge in [-0.05, 0) is 49.6 Å². The molecule has 0 aliphatic carbocycles. The van der Waals surface area contributed by atoms with E-state index in [1.165, 1.54) is 0 Å². The average molecular weight is 451 g/mol. The molecule has 5 rings (SSSR count). The first-order chi connectivity index (χ1) is 16.0. The number of nitrogens with zero attached hydrogens (tertiary/aromatic N) is 2. The van der Waals surface area contributed by atoms with E-state index in [2.05, 4.69) is 20.2 Å². The number of aromatic nitrogens is 2. The lowest BCUT2D eigenvalue weighted by molar-refractivity contribution is 0.100. The second-order valence-corrected chi connectivity index (χ2v) is 8.14. The molecule has 4 aromatic rings. The molecule has 0 unspecified atom stereocenters. The third kappa shape index (κ3) is 4.29. The van der Waals surface area contributed by atoms with Crippen LogP contribution in [-0.4, -0.2) is 46.5 Å². The number of carbonyl (C=O) groups excluding carboxylic acids is 1. The number of carbonyl (C=O) groups is 1. The van der Waals surface area contributed by atoms with Crippen LogP contribution >= 0.6 is 0 Å². The van der Waals surface area contributed by atoms with Crippen molar-refractivity contribution < 1.29 is 18.4 Å². The molecule has 0 atom stereocenters. The molecule has 1 saturated heterocycles. The fourth-order valence-corrected chi connectivity index (χ4v) is 4.31. The molecule has 172 valence electrons. The van der Waals surface area contributed by atoms with Gasteiger partial charge >= 0.3 is 5.76 Å². The van der Waals surface area contributed by atoms with Gasteiger partial charge in [-0.25, -0.2) is 4.79 Å². The number of para-hydroxylation sites is 1. The molecular weight excluding hydrogens is 426 g/mol. The Labute approximate surface area is 188 Å². The fraction of sp³-hybridized carbons (Fsp3) is 0.348. The molecule has 10 heteroatoms. The van der Waals surface area contributed by atoms with Gasteiger partial charge < -0.3 is 24.6 Å². The molecule has 0 bridgehead atoms. The first-order valence-electron chi connectivity index (χ1n) is 11.0. The molecule has 33 heavy (non-hydrogen) atoms. The van der Waals surface area contributed by atoms with E-state index in [0.29, 0.717) is 46.1 Å². The van der Waals surface area contributed by atoms with Crippen molar-refractivity contribution in [1.29, 1.82) is 0 Å². The predicted octanol–water partition coefficient (Wildman–Crippen LogP) is 2.84. The van der Waals surface area contributed by atoms with Gasteiger partial charge in [-0.15, -0.1) is 0 Å². The van der Waals surface area contributed by atoms with Crippen molar-refractivity contribution >= 4 is 34.1 Å². The fourth-order valence-electron chi connectivity index (χ4n) is 4.31. The molecule has 0 spiro atoms. The molecule has 1 aliphatic heterocycles. The van der Waals surface area contributed by atoms with Gasteiger partial charge in [0.2, 0.25) is 0 Å². The number of benzene rings is 2. The first-order valence-corrected chi connectivity index (χ1v) is 11.0. The Morgan fingerprint density at radius 3 is 2.85 bits per heavy atom. The highest BCUT2D eigenvalue weighted by atomic mass is 16.5. The van der Waals surface area contributed by atoms with Crippen molar-refractivity contribution in [2.45, 2.75) is 32.4 Å². The van der Waals surface area contributed by atoms with Gasteiger partial charge in [0.25, 0.3) is 11.9 Å². The number of hydrogen-bond acceptors (Lipinski definition) is 8. The van der Waals surface area contributed by atoms with Gasteiger partial charge in [0, 0.05) is 25.7 Å². The topological polar surface area (TPSA) is 140 Å². The Balaban J connectivity index is 1.24. The van der Waals surface area contributed by atoms with Gasteiger partial charge in [-0.3, -0.25) is 14.7 Å². The van der Waals surface area contributed by atoms with Crippen LogP contribution in [-0.2, 0) is 6.54 Å². The summed E-state index contributed by atoms with van der Waals surface area (Å²) in [5, 5.41) is 3.34. The summed E-state index contributed by atoms with van der Waals surface area (Å²) in [6.07, 6.45) is 1.81. The van der Waals surface area contributed by atoms with Crippen molar-refractivity contribution in [2.24, 2.45) is 5.73 Å². The maximum Gasteiger partial charge on any atom is 0.417 e. The molecule has 0 saturated carbocycles. The van der Waals surface area contributed by atoms with Crippen molar-refractivity contribution in [2.75, 3.05) is 25.0 Å². The van der Waals surface area contributed by atoms with Gasteiger partial charge in [-0.2, -0.15) is 4.98 Å². The highest BCUT2D eigenvalue weighted by molar-refractivity contribution is 6.03. The molecule has 0 radical (unpaired) electrons. The third-order valence-corrected chi connectivity index (χ3v) is 5.86. The molecule has 4 N–H and O–H groups in total. The molecule has 1 fully saturated rings. The third-order valence-electron chi connectivity index (χ3n) is 5.86. The van der Waals surface area contributed by atoms with Crippen molar-refractivity contribution in [3.05, 3.63) is 52.0 Å². The number of anilines is 1. The van der Waals surface area contributed by atoms with E-state index in [1.54, 1.807) is 18.2 Å². The van der Waals surface area contributed by atoms with E-state index < -0.39 is 11.7 Å². The molecule has 2 aromatic heterocycles. The average Bonchev–Trinajstić information content (AvgIpc) is 3.37. The predicted molar refractivity (Wildman–Crippen MR) is 122 cm³/mol. The summed E-state index contributed by atoms with van der Waals surface area (Å²) in [4.78, 5) is 32.7. The largest absolute Gasteiger partial charge is 0.492 e. The zero-order valence-electron chi connectivity index (χ0n) is 18.2. The minimum absolute atomic E-state index is 0.204. The van der Waals surface area contributed by atoms with E-state index in [0.717, 1.165) is 38.0 Å². The minimum Gasteiger partial charge on any atom is -0.492 e. The Bertz CT molecular complexity index is 1360. The quantitative estimate of drug-likeness (QED) is 0.390. The molecule has 3 heterocycles. The summed E-state index contributed by atoms with van der Waals surface area (Å²) < 4.78 is 16.7. The van der Waals surface area contributed by atoms with Crippen LogP contribution in [0.1, 0.15) is 35.7 Å². The lowest BCUT2D eigenvalue weighted by atomic mass is 10.0. The van der Waals surface area contributed by atoms with E-state index in [1.807, 2.05) is 19.1 Å². The number of aromatic amines is 1. The molecular formula is C23H25N5O5.